The quantitative estimate of drug-likeness (QED) is 0.720. The van der Waals surface area contributed by atoms with Gasteiger partial charge in [-0.15, -0.1) is 0 Å². The lowest BCUT2D eigenvalue weighted by molar-refractivity contribution is 0.112. The Morgan fingerprint density at radius 2 is 1.70 bits per heavy atom. The number of amides is 2. The lowest BCUT2D eigenvalue weighted by Gasteiger charge is -2.20. The molecule has 1 heterocycles. The Balaban J connectivity index is 0.00000192. The maximum Gasteiger partial charge on any atom is 0.325 e. The second kappa shape index (κ2) is 6.63. The number of fused-ring (bicyclic) bond motifs is 1. The van der Waals surface area contributed by atoms with Crippen LogP contribution in [0.5, 0.6) is 0 Å². The summed E-state index contributed by atoms with van der Waals surface area (Å²) in [5, 5.41) is 0. The number of rotatable bonds is 3. The summed E-state index contributed by atoms with van der Waals surface area (Å²) >= 11 is 0. The van der Waals surface area contributed by atoms with Crippen LogP contribution >= 0.6 is 0 Å². The van der Waals surface area contributed by atoms with E-state index in [4.69, 9.17) is 5.73 Å². The molecule has 116 valence electrons. The van der Waals surface area contributed by atoms with Crippen molar-refractivity contribution in [3.8, 4) is 0 Å². The van der Waals surface area contributed by atoms with Gasteiger partial charge in [0.2, 0.25) is 0 Å². The number of nitrogens with two attached hydrogens (primary N) is 1. The Kier molecular flexibility index (Phi) is 4.63. The van der Waals surface area contributed by atoms with Crippen LogP contribution < -0.4 is 16.8 Å². The third-order valence-electron chi connectivity index (χ3n) is 3.19. The number of aromatic nitrogens is 2. The van der Waals surface area contributed by atoms with Crippen LogP contribution in [-0.2, 0) is 0 Å². The molecule has 0 aliphatic rings. The van der Waals surface area contributed by atoms with Crippen LogP contribution in [0.2, 0.25) is 0 Å². The van der Waals surface area contributed by atoms with Gasteiger partial charge in [-0.3, -0.25) is 9.78 Å². The monoisotopic (exact) mass is 309 g/mol. The number of para-hydroxylation sites is 3. The maximum absolute atomic E-state index is 11.9. The molecule has 1 aromatic heterocycles. The zero-order chi connectivity index (χ0) is 15.5. The fourth-order valence-electron chi connectivity index (χ4n) is 2.20. The van der Waals surface area contributed by atoms with Crippen molar-refractivity contribution in [1.82, 2.24) is 16.1 Å². The van der Waals surface area contributed by atoms with Crippen molar-refractivity contribution in [2.24, 2.45) is 5.73 Å². The average molecular weight is 309 g/mol. The fraction of sp³-hybridized carbons (Fsp3) is 0. The first-order valence-electron chi connectivity index (χ1n) is 6.56. The van der Waals surface area contributed by atoms with Crippen molar-refractivity contribution in [3.63, 3.8) is 0 Å². The van der Waals surface area contributed by atoms with Crippen LogP contribution in [-0.4, -0.2) is 22.3 Å². The molecule has 0 spiro atoms. The fourth-order valence-corrected chi connectivity index (χ4v) is 2.20. The molecule has 7 nitrogen and oxygen atoms in total. The standard InChI is InChI=1S/C16H12N4O2.H3N/c17-16(22)20(14-8-4-1-5-11(14)10-21)15-9-18-12-6-2-3-7-13(12)19-15;/h1-10H,(H2,17,22);1H3. The molecule has 3 aromatic rings. The summed E-state index contributed by atoms with van der Waals surface area (Å²) in [6, 6.07) is 13.2. The van der Waals surface area contributed by atoms with Gasteiger partial charge in [0.25, 0.3) is 0 Å². The highest BCUT2D eigenvalue weighted by atomic mass is 16.2. The van der Waals surface area contributed by atoms with Crippen molar-refractivity contribution < 1.29 is 9.59 Å². The first-order valence-corrected chi connectivity index (χ1v) is 6.56. The first-order chi connectivity index (χ1) is 10.7. The zero-order valence-corrected chi connectivity index (χ0v) is 12.2. The molecule has 0 aliphatic heterocycles. The molecule has 23 heavy (non-hydrogen) atoms. The van der Waals surface area contributed by atoms with E-state index in [1.54, 1.807) is 30.3 Å². The molecule has 0 unspecified atom stereocenters. The highest BCUT2D eigenvalue weighted by Crippen LogP contribution is 2.26. The third kappa shape index (κ3) is 2.99. The number of benzene rings is 2. The molecule has 3 rings (SSSR count). The molecule has 7 heteroatoms. The van der Waals surface area contributed by atoms with Crippen LogP contribution in [0.4, 0.5) is 16.3 Å². The molecule has 0 aliphatic carbocycles. The molecule has 0 atom stereocenters. The Labute approximate surface area is 132 Å². The van der Waals surface area contributed by atoms with E-state index < -0.39 is 6.03 Å². The molecule has 0 fully saturated rings. The van der Waals surface area contributed by atoms with Crippen molar-refractivity contribution in [2.45, 2.75) is 0 Å². The molecule has 0 saturated carbocycles. The molecule has 0 saturated heterocycles. The largest absolute Gasteiger partial charge is 0.351 e. The lowest BCUT2D eigenvalue weighted by Crippen LogP contribution is -2.33. The summed E-state index contributed by atoms with van der Waals surface area (Å²) in [5.41, 5.74) is 7.53. The lowest BCUT2D eigenvalue weighted by atomic mass is 10.2. The van der Waals surface area contributed by atoms with Gasteiger partial charge >= 0.3 is 6.03 Å². The zero-order valence-electron chi connectivity index (χ0n) is 12.2. The number of urea groups is 1. The third-order valence-corrected chi connectivity index (χ3v) is 3.19. The number of hydrogen-bond donors (Lipinski definition) is 2. The molecule has 2 amide bonds. The van der Waals surface area contributed by atoms with Crippen LogP contribution in [0, 0.1) is 0 Å². The summed E-state index contributed by atoms with van der Waals surface area (Å²) < 4.78 is 0. The highest BCUT2D eigenvalue weighted by Gasteiger charge is 2.20. The minimum atomic E-state index is -0.737. The summed E-state index contributed by atoms with van der Waals surface area (Å²) in [4.78, 5) is 32.9. The van der Waals surface area contributed by atoms with Crippen LogP contribution in [0.25, 0.3) is 11.0 Å². The van der Waals surface area contributed by atoms with Gasteiger partial charge in [0.15, 0.2) is 12.1 Å². The number of nitrogens with zero attached hydrogens (tertiary/aromatic N) is 3. The maximum atomic E-state index is 11.9. The second-order valence-electron chi connectivity index (χ2n) is 4.57. The van der Waals surface area contributed by atoms with Gasteiger partial charge in [0.05, 0.1) is 22.9 Å². The highest BCUT2D eigenvalue weighted by molar-refractivity contribution is 6.02. The Morgan fingerprint density at radius 3 is 2.39 bits per heavy atom. The minimum Gasteiger partial charge on any atom is -0.351 e. The van der Waals surface area contributed by atoms with Crippen molar-refractivity contribution >= 4 is 34.9 Å². The summed E-state index contributed by atoms with van der Waals surface area (Å²) in [7, 11) is 0. The van der Waals surface area contributed by atoms with Crippen molar-refractivity contribution in [2.75, 3.05) is 4.90 Å². The van der Waals surface area contributed by atoms with E-state index in [9.17, 15) is 9.59 Å². The molecule has 0 bridgehead atoms. The van der Waals surface area contributed by atoms with E-state index in [-0.39, 0.29) is 12.0 Å². The second-order valence-corrected chi connectivity index (χ2v) is 4.57. The number of primary amides is 1. The minimum absolute atomic E-state index is 0. The van der Waals surface area contributed by atoms with E-state index in [1.165, 1.54) is 11.1 Å². The van der Waals surface area contributed by atoms with Gasteiger partial charge in [-0.25, -0.2) is 14.7 Å². The van der Waals surface area contributed by atoms with E-state index in [0.29, 0.717) is 28.6 Å². The molecule has 5 N–H and O–H groups in total. The van der Waals surface area contributed by atoms with E-state index >= 15 is 0 Å². The van der Waals surface area contributed by atoms with Crippen LogP contribution in [0.15, 0.2) is 54.7 Å². The Hall–Kier alpha value is -3.32. The summed E-state index contributed by atoms with van der Waals surface area (Å²) in [6.45, 7) is 0. The van der Waals surface area contributed by atoms with Gasteiger partial charge in [-0.1, -0.05) is 24.3 Å². The van der Waals surface area contributed by atoms with E-state index in [2.05, 4.69) is 9.97 Å². The SMILES string of the molecule is N.NC(=O)N(c1cnc2ccccc2n1)c1ccccc1C=O. The Morgan fingerprint density at radius 1 is 1.04 bits per heavy atom. The molecule has 0 radical (unpaired) electrons. The summed E-state index contributed by atoms with van der Waals surface area (Å²) in [6.07, 6.45) is 2.12. The van der Waals surface area contributed by atoms with Crippen LogP contribution in [0.3, 0.4) is 0 Å². The Bertz CT molecular complexity index is 866. The average Bonchev–Trinajstić information content (AvgIpc) is 2.55. The van der Waals surface area contributed by atoms with Crippen molar-refractivity contribution in [1.29, 1.82) is 0 Å². The number of aldehydes is 1. The predicted octanol–water partition coefficient (Wildman–Crippen LogP) is 2.82. The number of carbonyl (C=O) groups is 2. The molecule has 2 aromatic carbocycles. The smallest absolute Gasteiger partial charge is 0.325 e. The topological polar surface area (TPSA) is 124 Å². The van der Waals surface area contributed by atoms with Gasteiger partial charge < -0.3 is 11.9 Å². The van der Waals surface area contributed by atoms with Gasteiger partial charge in [0, 0.05) is 5.56 Å². The number of anilines is 2. The van der Waals surface area contributed by atoms with Crippen LogP contribution in [0.1, 0.15) is 10.4 Å². The molecular formula is C16H15N5O2. The van der Waals surface area contributed by atoms with E-state index in [1.807, 2.05) is 18.2 Å². The normalized spacial score (nSPS) is 9.91. The summed E-state index contributed by atoms with van der Waals surface area (Å²) in [5.74, 6) is 0.264. The molecular weight excluding hydrogens is 294 g/mol. The predicted molar refractivity (Wildman–Crippen MR) is 88.1 cm³/mol. The van der Waals surface area contributed by atoms with E-state index in [0.717, 1.165) is 0 Å². The van der Waals surface area contributed by atoms with Gasteiger partial charge in [-0.05, 0) is 24.3 Å². The first kappa shape index (κ1) is 16.1. The van der Waals surface area contributed by atoms with Gasteiger partial charge in [0.1, 0.15) is 0 Å². The number of hydrogen-bond acceptors (Lipinski definition) is 5. The van der Waals surface area contributed by atoms with Gasteiger partial charge in [-0.2, -0.15) is 0 Å². The van der Waals surface area contributed by atoms with Crippen molar-refractivity contribution in [3.05, 3.63) is 60.3 Å². The number of carbonyl (C=O) groups excluding carboxylic acids is 2.